The quantitative estimate of drug-likeness (QED) is 0.527. The Morgan fingerprint density at radius 3 is 2.63 bits per heavy atom. The van der Waals surface area contributed by atoms with Gasteiger partial charge in [0.2, 0.25) is 5.91 Å². The zero-order valence-electron chi connectivity index (χ0n) is 20.6. The third-order valence-corrected chi connectivity index (χ3v) is 6.95. The van der Waals surface area contributed by atoms with Crippen molar-refractivity contribution in [2.75, 3.05) is 39.0 Å². The summed E-state index contributed by atoms with van der Waals surface area (Å²) in [6, 6.07) is 10.2. The summed E-state index contributed by atoms with van der Waals surface area (Å²) in [5, 5.41) is 16.7. The van der Waals surface area contributed by atoms with E-state index in [4.69, 9.17) is 0 Å². The first-order chi connectivity index (χ1) is 16.9. The number of nitrogens with zero attached hydrogens (tertiary/aromatic N) is 4. The number of carbonyl (C=O) groups excluding carboxylic acids is 2. The van der Waals surface area contributed by atoms with Crippen LogP contribution in [-0.2, 0) is 17.8 Å². The molecule has 0 radical (unpaired) electrons. The van der Waals surface area contributed by atoms with Crippen LogP contribution < -0.4 is 10.6 Å². The topological polar surface area (TPSA) is 111 Å². The summed E-state index contributed by atoms with van der Waals surface area (Å²) in [4.78, 5) is 37.0. The van der Waals surface area contributed by atoms with Gasteiger partial charge in [-0.05, 0) is 43.2 Å². The maximum Gasteiger partial charge on any atom is 0.270 e. The van der Waals surface area contributed by atoms with Crippen LogP contribution in [0.3, 0.4) is 0 Å². The van der Waals surface area contributed by atoms with Gasteiger partial charge in [0.1, 0.15) is 17.8 Å². The van der Waals surface area contributed by atoms with Crippen LogP contribution in [-0.4, -0.2) is 82.6 Å². The van der Waals surface area contributed by atoms with Crippen molar-refractivity contribution in [3.8, 4) is 0 Å². The number of carbonyl (C=O) groups is 2. The Hall–Kier alpha value is -3.04. The van der Waals surface area contributed by atoms with Crippen molar-refractivity contribution in [3.63, 3.8) is 0 Å². The molecule has 4 rings (SSSR count). The van der Waals surface area contributed by atoms with Crippen molar-refractivity contribution in [3.05, 3.63) is 53.5 Å². The minimum atomic E-state index is -0.663. The van der Waals surface area contributed by atoms with Gasteiger partial charge in [-0.15, -0.1) is 0 Å². The fourth-order valence-electron chi connectivity index (χ4n) is 4.99. The number of aliphatic hydroxyl groups is 1. The summed E-state index contributed by atoms with van der Waals surface area (Å²) in [6.07, 6.45) is 5.12. The maximum atomic E-state index is 12.6. The normalized spacial score (nSPS) is 21.0. The molecule has 1 unspecified atom stereocenters. The Morgan fingerprint density at radius 1 is 1.14 bits per heavy atom. The number of benzene rings is 1. The lowest BCUT2D eigenvalue weighted by atomic mass is 9.85. The Morgan fingerprint density at radius 2 is 1.89 bits per heavy atom. The van der Waals surface area contributed by atoms with E-state index >= 15 is 0 Å². The van der Waals surface area contributed by atoms with Crippen molar-refractivity contribution in [1.82, 2.24) is 25.1 Å². The molecule has 35 heavy (non-hydrogen) atoms. The average molecular weight is 481 g/mol. The van der Waals surface area contributed by atoms with Crippen LogP contribution in [0.4, 0.5) is 5.82 Å². The Kier molecular flexibility index (Phi) is 8.30. The van der Waals surface area contributed by atoms with Gasteiger partial charge in [-0.1, -0.05) is 24.3 Å². The highest BCUT2D eigenvalue weighted by Crippen LogP contribution is 2.27. The highest BCUT2D eigenvalue weighted by atomic mass is 16.3. The van der Waals surface area contributed by atoms with Crippen LogP contribution in [0.15, 0.2) is 36.7 Å². The lowest BCUT2D eigenvalue weighted by Gasteiger charge is -2.30. The van der Waals surface area contributed by atoms with Crippen molar-refractivity contribution < 1.29 is 14.7 Å². The van der Waals surface area contributed by atoms with Gasteiger partial charge in [0.05, 0.1) is 6.10 Å². The molecule has 0 spiro atoms. The Bertz CT molecular complexity index is 1020. The second-order valence-corrected chi connectivity index (χ2v) is 9.83. The molecule has 2 amide bonds. The number of hydrogen-bond acceptors (Lipinski definition) is 7. The van der Waals surface area contributed by atoms with E-state index in [2.05, 4.69) is 43.7 Å². The minimum Gasteiger partial charge on any atom is -0.390 e. The Labute approximate surface area is 206 Å². The molecule has 188 valence electrons. The maximum absolute atomic E-state index is 12.6. The number of amides is 2. The van der Waals surface area contributed by atoms with Gasteiger partial charge in [-0.3, -0.25) is 14.5 Å². The number of aliphatic hydroxyl groups excluding tert-OH is 1. The molecule has 0 bridgehead atoms. The molecule has 9 nitrogen and oxygen atoms in total. The zero-order chi connectivity index (χ0) is 24.8. The molecule has 1 aromatic heterocycles. The van der Waals surface area contributed by atoms with Gasteiger partial charge in [-0.2, -0.15) is 0 Å². The molecule has 2 aromatic rings. The molecule has 1 fully saturated rings. The predicted octanol–water partition coefficient (Wildman–Crippen LogP) is 1.68. The molecule has 1 saturated carbocycles. The van der Waals surface area contributed by atoms with E-state index in [1.807, 2.05) is 6.07 Å². The van der Waals surface area contributed by atoms with E-state index in [9.17, 15) is 14.7 Å². The Balaban J connectivity index is 1.22. The third-order valence-electron chi connectivity index (χ3n) is 6.95. The number of anilines is 1. The van der Waals surface area contributed by atoms with Gasteiger partial charge < -0.3 is 20.6 Å². The van der Waals surface area contributed by atoms with Crippen LogP contribution in [0.1, 0.15) is 47.3 Å². The van der Waals surface area contributed by atoms with Crippen LogP contribution in [0, 0.1) is 5.92 Å². The van der Waals surface area contributed by atoms with Gasteiger partial charge in [-0.25, -0.2) is 9.97 Å². The first-order valence-electron chi connectivity index (χ1n) is 12.4. The largest absolute Gasteiger partial charge is 0.390 e. The highest BCUT2D eigenvalue weighted by Gasteiger charge is 2.27. The first-order valence-corrected chi connectivity index (χ1v) is 12.4. The van der Waals surface area contributed by atoms with E-state index in [0.29, 0.717) is 12.4 Å². The fraction of sp³-hybridized carbons (Fsp3) is 0.538. The van der Waals surface area contributed by atoms with Crippen LogP contribution in [0.2, 0.25) is 0 Å². The standard InChI is InChI=1S/C26H36N6O3/c1-31(2)26(35)19-7-9-21(10-8-19)30-24-13-23(28-17-29-24)25(34)27-14-22(33)16-32-12-11-18-5-3-4-6-20(18)15-32/h3-6,13,17,19,21-22,33H,7-12,14-16H2,1-2H3,(H,27,34)(H,28,29,30). The second kappa shape index (κ2) is 11.6. The van der Waals surface area contributed by atoms with Gasteiger partial charge in [0, 0.05) is 58.3 Å². The summed E-state index contributed by atoms with van der Waals surface area (Å²) in [5.41, 5.74) is 2.93. The van der Waals surface area contributed by atoms with E-state index in [1.54, 1.807) is 25.1 Å². The minimum absolute atomic E-state index is 0.0842. The van der Waals surface area contributed by atoms with E-state index in [1.165, 1.54) is 17.5 Å². The van der Waals surface area contributed by atoms with Gasteiger partial charge in [0.25, 0.3) is 5.91 Å². The van der Waals surface area contributed by atoms with Crippen molar-refractivity contribution in [1.29, 1.82) is 0 Å². The number of rotatable bonds is 8. The molecule has 2 heterocycles. The molecule has 1 atom stereocenters. The first kappa shape index (κ1) is 25.1. The number of aromatic nitrogens is 2. The van der Waals surface area contributed by atoms with E-state index in [0.717, 1.165) is 45.2 Å². The summed E-state index contributed by atoms with van der Waals surface area (Å²) in [7, 11) is 3.60. The monoisotopic (exact) mass is 480 g/mol. The molecule has 2 aliphatic rings. The molecule has 3 N–H and O–H groups in total. The second-order valence-electron chi connectivity index (χ2n) is 9.83. The number of nitrogens with one attached hydrogen (secondary N) is 2. The van der Waals surface area contributed by atoms with Crippen molar-refractivity contribution >= 4 is 17.6 Å². The SMILES string of the molecule is CN(C)C(=O)C1CCC(Nc2cc(C(=O)NCC(O)CN3CCc4ccccc4C3)ncn2)CC1. The van der Waals surface area contributed by atoms with E-state index in [-0.39, 0.29) is 36.0 Å². The summed E-state index contributed by atoms with van der Waals surface area (Å²) < 4.78 is 0. The third kappa shape index (κ3) is 6.76. The molecule has 1 aliphatic carbocycles. The lowest BCUT2D eigenvalue weighted by Crippen LogP contribution is -2.42. The van der Waals surface area contributed by atoms with Gasteiger partial charge >= 0.3 is 0 Å². The zero-order valence-corrected chi connectivity index (χ0v) is 20.6. The number of fused-ring (bicyclic) bond motifs is 1. The molecule has 0 saturated heterocycles. The van der Waals surface area contributed by atoms with E-state index < -0.39 is 6.10 Å². The molecular formula is C26H36N6O3. The van der Waals surface area contributed by atoms with Crippen LogP contribution in [0.5, 0.6) is 0 Å². The smallest absolute Gasteiger partial charge is 0.270 e. The van der Waals surface area contributed by atoms with Crippen LogP contribution in [0.25, 0.3) is 0 Å². The highest BCUT2D eigenvalue weighted by molar-refractivity contribution is 5.92. The van der Waals surface area contributed by atoms with Gasteiger partial charge in [0.15, 0.2) is 0 Å². The fourth-order valence-corrected chi connectivity index (χ4v) is 4.99. The predicted molar refractivity (Wildman–Crippen MR) is 134 cm³/mol. The molecule has 1 aliphatic heterocycles. The lowest BCUT2D eigenvalue weighted by molar-refractivity contribution is -0.133. The molecule has 1 aromatic carbocycles. The number of β-amino-alcohol motifs (C(OH)–C–C–N with tert-alkyl or cyclic N) is 1. The molecular weight excluding hydrogens is 444 g/mol. The van der Waals surface area contributed by atoms with Crippen molar-refractivity contribution in [2.24, 2.45) is 5.92 Å². The molecule has 9 heteroatoms. The average Bonchev–Trinajstić information content (AvgIpc) is 2.87. The number of hydrogen-bond donors (Lipinski definition) is 3. The summed E-state index contributed by atoms with van der Waals surface area (Å²) in [6.45, 7) is 2.37. The summed E-state index contributed by atoms with van der Waals surface area (Å²) in [5.74, 6) is 0.538. The summed E-state index contributed by atoms with van der Waals surface area (Å²) >= 11 is 0. The van der Waals surface area contributed by atoms with Crippen molar-refractivity contribution in [2.45, 2.75) is 50.8 Å². The van der Waals surface area contributed by atoms with Crippen LogP contribution >= 0.6 is 0 Å².